The maximum atomic E-state index is 11.8. The average molecular weight is 269 g/mol. The highest BCUT2D eigenvalue weighted by atomic mass is 32.2. The van der Waals surface area contributed by atoms with Crippen molar-refractivity contribution in [1.82, 2.24) is 4.57 Å². The first-order chi connectivity index (χ1) is 8.58. The second kappa shape index (κ2) is 5.48. The lowest BCUT2D eigenvalue weighted by molar-refractivity contribution is 0.0681. The summed E-state index contributed by atoms with van der Waals surface area (Å²) in [6, 6.07) is 2.19. The molecule has 0 aromatic carbocycles. The Morgan fingerprint density at radius 1 is 1.39 bits per heavy atom. The fourth-order valence-corrected chi connectivity index (χ4v) is 3.34. The molecular weight excluding hydrogens is 254 g/mol. The third-order valence-electron chi connectivity index (χ3n) is 3.11. The maximum absolute atomic E-state index is 11.8. The quantitative estimate of drug-likeness (QED) is 0.867. The minimum Gasteiger partial charge on any atom is -0.508 e. The molecule has 1 saturated heterocycles. The maximum Gasteiger partial charge on any atom is 0.352 e. The molecule has 1 aliphatic heterocycles. The number of aromatic nitrogens is 1. The summed E-state index contributed by atoms with van der Waals surface area (Å²) in [6.07, 6.45) is 1.99. The largest absolute Gasteiger partial charge is 0.508 e. The van der Waals surface area contributed by atoms with Gasteiger partial charge in [0.15, 0.2) is 0 Å². The Morgan fingerprint density at radius 2 is 2.06 bits per heavy atom. The van der Waals surface area contributed by atoms with E-state index in [1.54, 1.807) is 0 Å². The van der Waals surface area contributed by atoms with Gasteiger partial charge in [-0.1, -0.05) is 0 Å². The van der Waals surface area contributed by atoms with Crippen LogP contribution in [0, 0.1) is 5.92 Å². The first-order valence-corrected chi connectivity index (χ1v) is 6.98. The number of carbonyl (C=O) groups is 1. The molecule has 1 aliphatic rings. The Labute approximate surface area is 108 Å². The number of nitrogens with zero attached hydrogens (tertiary/aromatic N) is 1. The van der Waals surface area contributed by atoms with Crippen LogP contribution in [0.2, 0.25) is 0 Å². The molecule has 6 heteroatoms. The third-order valence-corrected chi connectivity index (χ3v) is 4.16. The molecule has 2 N–H and O–H groups in total. The van der Waals surface area contributed by atoms with Gasteiger partial charge in [-0.25, -0.2) is 4.79 Å². The molecule has 0 spiro atoms. The molecule has 0 aliphatic carbocycles. The minimum absolute atomic E-state index is 0.141. The average Bonchev–Trinajstić information content (AvgIpc) is 2.33. The molecule has 0 atom stereocenters. The summed E-state index contributed by atoms with van der Waals surface area (Å²) >= 11 is 1.88. The van der Waals surface area contributed by atoms with Gasteiger partial charge in [0.25, 0.3) is 5.56 Å². The normalized spacial score (nSPS) is 16.7. The van der Waals surface area contributed by atoms with Crippen LogP contribution < -0.4 is 5.56 Å². The number of pyridine rings is 1. The Bertz CT molecular complexity index is 505. The summed E-state index contributed by atoms with van der Waals surface area (Å²) in [5, 5.41) is 18.4. The smallest absolute Gasteiger partial charge is 0.352 e. The highest BCUT2D eigenvalue weighted by molar-refractivity contribution is 7.99. The monoisotopic (exact) mass is 269 g/mol. The summed E-state index contributed by atoms with van der Waals surface area (Å²) in [5.41, 5.74) is -0.594. The molecule has 98 valence electrons. The van der Waals surface area contributed by atoms with Crippen LogP contribution in [0.5, 0.6) is 5.75 Å². The second-order valence-corrected chi connectivity index (χ2v) is 5.63. The van der Waals surface area contributed by atoms with E-state index in [-0.39, 0.29) is 11.4 Å². The van der Waals surface area contributed by atoms with Gasteiger partial charge in [-0.3, -0.25) is 4.79 Å². The van der Waals surface area contributed by atoms with E-state index in [4.69, 9.17) is 5.11 Å². The second-order valence-electron chi connectivity index (χ2n) is 4.41. The van der Waals surface area contributed by atoms with Crippen LogP contribution >= 0.6 is 11.8 Å². The number of carboxylic acids is 1. The van der Waals surface area contributed by atoms with Crippen LogP contribution in [0.1, 0.15) is 23.3 Å². The van der Waals surface area contributed by atoms with E-state index in [0.29, 0.717) is 12.5 Å². The standard InChI is InChI=1S/C12H15NO4S/c14-9-5-10(12(16)17)13(11(15)6-9)7-8-1-3-18-4-2-8/h5-6,8,14H,1-4,7H2,(H,16,17). The van der Waals surface area contributed by atoms with Crippen LogP contribution in [-0.2, 0) is 6.54 Å². The van der Waals surface area contributed by atoms with Gasteiger partial charge < -0.3 is 14.8 Å². The zero-order valence-corrected chi connectivity index (χ0v) is 10.7. The summed E-state index contributed by atoms with van der Waals surface area (Å²) in [7, 11) is 0. The number of aromatic hydroxyl groups is 1. The van der Waals surface area contributed by atoms with E-state index in [1.165, 1.54) is 4.57 Å². The Hall–Kier alpha value is -1.43. The van der Waals surface area contributed by atoms with Gasteiger partial charge in [0.2, 0.25) is 0 Å². The molecule has 0 unspecified atom stereocenters. The van der Waals surface area contributed by atoms with Crippen molar-refractivity contribution in [3.05, 3.63) is 28.2 Å². The number of rotatable bonds is 3. The van der Waals surface area contributed by atoms with Gasteiger partial charge in [-0.15, -0.1) is 0 Å². The first-order valence-electron chi connectivity index (χ1n) is 5.83. The van der Waals surface area contributed by atoms with Gasteiger partial charge in [-0.05, 0) is 30.3 Å². The van der Waals surface area contributed by atoms with Crippen molar-refractivity contribution in [3.63, 3.8) is 0 Å². The molecule has 1 aromatic rings. The molecule has 0 radical (unpaired) electrons. The predicted octanol–water partition coefficient (Wildman–Crippen LogP) is 1.40. The van der Waals surface area contributed by atoms with E-state index in [0.717, 1.165) is 36.5 Å². The minimum atomic E-state index is -1.19. The van der Waals surface area contributed by atoms with Crippen molar-refractivity contribution >= 4 is 17.7 Å². The topological polar surface area (TPSA) is 79.5 Å². The summed E-state index contributed by atoms with van der Waals surface area (Å²) in [5.74, 6) is 0.965. The lowest BCUT2D eigenvalue weighted by Crippen LogP contribution is -2.29. The van der Waals surface area contributed by atoms with Crippen molar-refractivity contribution in [2.45, 2.75) is 19.4 Å². The summed E-state index contributed by atoms with van der Waals surface area (Å²) in [4.78, 5) is 22.9. The molecule has 0 bridgehead atoms. The number of aromatic carboxylic acids is 1. The molecule has 1 fully saturated rings. The lowest BCUT2D eigenvalue weighted by Gasteiger charge is -2.23. The van der Waals surface area contributed by atoms with E-state index >= 15 is 0 Å². The summed E-state index contributed by atoms with van der Waals surface area (Å²) in [6.45, 7) is 0.418. The van der Waals surface area contributed by atoms with Crippen LogP contribution in [-0.4, -0.2) is 32.3 Å². The molecule has 2 heterocycles. The molecule has 18 heavy (non-hydrogen) atoms. The Kier molecular flexibility index (Phi) is 3.96. The molecular formula is C12H15NO4S. The zero-order chi connectivity index (χ0) is 13.1. The SMILES string of the molecule is O=C(O)c1cc(O)cc(=O)n1CC1CCSCC1. The van der Waals surface area contributed by atoms with Crippen molar-refractivity contribution in [1.29, 1.82) is 0 Å². The highest BCUT2D eigenvalue weighted by Crippen LogP contribution is 2.24. The number of thioether (sulfide) groups is 1. The van der Waals surface area contributed by atoms with Gasteiger partial charge in [0.05, 0.1) is 0 Å². The Balaban J connectivity index is 2.30. The molecule has 5 nitrogen and oxygen atoms in total. The van der Waals surface area contributed by atoms with Crippen molar-refractivity contribution in [3.8, 4) is 5.75 Å². The number of carboxylic acid groups (broad SMARTS) is 1. The van der Waals surface area contributed by atoms with Crippen LogP contribution in [0.4, 0.5) is 0 Å². The van der Waals surface area contributed by atoms with Gasteiger partial charge in [0.1, 0.15) is 11.4 Å². The summed E-state index contributed by atoms with van der Waals surface area (Å²) < 4.78 is 1.25. The van der Waals surface area contributed by atoms with Gasteiger partial charge in [-0.2, -0.15) is 11.8 Å². The van der Waals surface area contributed by atoms with E-state index in [9.17, 15) is 14.7 Å². The number of hydrogen-bond acceptors (Lipinski definition) is 4. The third kappa shape index (κ3) is 2.87. The Morgan fingerprint density at radius 3 is 2.67 bits per heavy atom. The van der Waals surface area contributed by atoms with Gasteiger partial charge >= 0.3 is 5.97 Å². The predicted molar refractivity (Wildman–Crippen MR) is 69.4 cm³/mol. The molecule has 0 amide bonds. The van der Waals surface area contributed by atoms with Crippen molar-refractivity contribution in [2.75, 3.05) is 11.5 Å². The first kappa shape index (κ1) is 13.0. The van der Waals surface area contributed by atoms with E-state index in [1.807, 2.05) is 11.8 Å². The fraction of sp³-hybridized carbons (Fsp3) is 0.500. The van der Waals surface area contributed by atoms with Crippen molar-refractivity contribution in [2.24, 2.45) is 5.92 Å². The van der Waals surface area contributed by atoms with Gasteiger partial charge in [0, 0.05) is 18.7 Å². The molecule has 2 rings (SSSR count). The van der Waals surface area contributed by atoms with Crippen LogP contribution in [0.15, 0.2) is 16.9 Å². The number of hydrogen-bond donors (Lipinski definition) is 2. The zero-order valence-electron chi connectivity index (χ0n) is 9.83. The fourth-order valence-electron chi connectivity index (χ4n) is 2.14. The highest BCUT2D eigenvalue weighted by Gasteiger charge is 2.19. The van der Waals surface area contributed by atoms with Crippen LogP contribution in [0.3, 0.4) is 0 Å². The van der Waals surface area contributed by atoms with Crippen molar-refractivity contribution < 1.29 is 15.0 Å². The lowest BCUT2D eigenvalue weighted by atomic mass is 10.0. The molecule has 1 aromatic heterocycles. The van der Waals surface area contributed by atoms with E-state index < -0.39 is 11.5 Å². The molecule has 0 saturated carbocycles. The van der Waals surface area contributed by atoms with Crippen LogP contribution in [0.25, 0.3) is 0 Å². The van der Waals surface area contributed by atoms with E-state index in [2.05, 4.69) is 0 Å².